The van der Waals surface area contributed by atoms with Gasteiger partial charge in [-0.2, -0.15) is 0 Å². The largest absolute Gasteiger partial charge is 1.00 e. The number of rotatable bonds is 2. The molecule has 0 aromatic carbocycles. The molecule has 0 spiro atoms. The maximum atomic E-state index is 10.3. The van der Waals surface area contributed by atoms with Crippen molar-refractivity contribution >= 4 is 16.9 Å². The van der Waals surface area contributed by atoms with Gasteiger partial charge in [-0.1, -0.05) is 0 Å². The van der Waals surface area contributed by atoms with Crippen molar-refractivity contribution in [3.05, 3.63) is 28.4 Å². The van der Waals surface area contributed by atoms with Crippen molar-refractivity contribution in [1.82, 2.24) is 4.98 Å². The molecule has 1 aromatic heterocycles. The van der Waals surface area contributed by atoms with Crippen LogP contribution in [0.3, 0.4) is 0 Å². The van der Waals surface area contributed by atoms with Gasteiger partial charge in [0, 0.05) is 6.07 Å². The van der Waals surface area contributed by atoms with Gasteiger partial charge in [0.1, 0.15) is 0 Å². The normalized spacial score (nSPS) is 11.5. The second-order valence-electron chi connectivity index (χ2n) is 1.84. The van der Waals surface area contributed by atoms with Gasteiger partial charge in [0.25, 0.3) is 0 Å². The molecule has 1 rings (SSSR count). The molecule has 0 radical (unpaired) electrons. The van der Waals surface area contributed by atoms with Crippen LogP contribution in [0, 0.1) is 10.1 Å². The Labute approximate surface area is 98.1 Å². The number of nitrogens with zero attached hydrogens (tertiary/aromatic N) is 2. The molecule has 0 saturated heterocycles. The molecule has 1 unspecified atom stereocenters. The molecule has 0 saturated carbocycles. The van der Waals surface area contributed by atoms with Crippen LogP contribution in [0.25, 0.3) is 0 Å². The topological polar surface area (TPSA) is 96.2 Å². The van der Waals surface area contributed by atoms with Crippen LogP contribution >= 0.6 is 0 Å². The summed E-state index contributed by atoms with van der Waals surface area (Å²) in [6.07, 6.45) is 0.932. The van der Waals surface area contributed by atoms with E-state index in [0.29, 0.717) is 0 Å². The maximum absolute atomic E-state index is 10.3. The van der Waals surface area contributed by atoms with Crippen molar-refractivity contribution in [3.8, 4) is 0 Å². The predicted octanol–water partition coefficient (Wildman–Crippen LogP) is -2.77. The van der Waals surface area contributed by atoms with Crippen LogP contribution in [0.5, 0.6) is 0 Å². The molecule has 13 heavy (non-hydrogen) atoms. The van der Waals surface area contributed by atoms with Crippen molar-refractivity contribution in [2.45, 2.75) is 4.90 Å². The summed E-state index contributed by atoms with van der Waals surface area (Å²) >= 11 is -2.39. The van der Waals surface area contributed by atoms with Gasteiger partial charge in [0.05, 0.1) is 4.90 Å². The molecule has 8 heteroatoms. The second kappa shape index (κ2) is 5.40. The molecule has 1 aromatic rings. The van der Waals surface area contributed by atoms with E-state index in [2.05, 4.69) is 4.98 Å². The number of aromatic nitrogens is 1. The summed E-state index contributed by atoms with van der Waals surface area (Å²) in [7, 11) is 0. The second-order valence-corrected chi connectivity index (χ2v) is 2.78. The van der Waals surface area contributed by atoms with Gasteiger partial charge < -0.3 is 14.7 Å². The first kappa shape index (κ1) is 12.7. The Morgan fingerprint density at radius 3 is 2.38 bits per heavy atom. The maximum Gasteiger partial charge on any atom is 1.00 e. The van der Waals surface area contributed by atoms with Crippen molar-refractivity contribution in [2.24, 2.45) is 0 Å². The molecule has 0 aliphatic rings. The van der Waals surface area contributed by atoms with E-state index in [9.17, 15) is 18.9 Å². The van der Waals surface area contributed by atoms with E-state index in [1.165, 1.54) is 0 Å². The molecule has 0 fully saturated rings. The number of nitro groups is 1. The third-order valence-corrected chi connectivity index (χ3v) is 1.73. The third kappa shape index (κ3) is 3.49. The van der Waals surface area contributed by atoms with E-state index in [1.54, 1.807) is 0 Å². The fourth-order valence-electron chi connectivity index (χ4n) is 0.579. The van der Waals surface area contributed by atoms with Crippen LogP contribution in [0.15, 0.2) is 23.2 Å². The Kier molecular flexibility index (Phi) is 5.26. The molecule has 1 heterocycles. The van der Waals surface area contributed by atoms with E-state index >= 15 is 0 Å². The van der Waals surface area contributed by atoms with Gasteiger partial charge in [-0.15, -0.1) is 0 Å². The smallest absolute Gasteiger partial charge is 0.768 e. The van der Waals surface area contributed by atoms with Crippen molar-refractivity contribution < 1.29 is 43.2 Å². The van der Waals surface area contributed by atoms with Crippen LogP contribution in [-0.2, 0) is 11.1 Å². The molecule has 6 nitrogen and oxygen atoms in total. The zero-order chi connectivity index (χ0) is 9.14. The SMILES string of the molecule is O=[N+]([O-])c1ccc(S(=O)[O-])cn1.[Na+]. The fraction of sp³-hybridized carbons (Fsp3) is 0. The summed E-state index contributed by atoms with van der Waals surface area (Å²) in [6, 6.07) is 2.15. The van der Waals surface area contributed by atoms with Crippen molar-refractivity contribution in [2.75, 3.05) is 0 Å². The predicted molar refractivity (Wildman–Crippen MR) is 38.1 cm³/mol. The minimum absolute atomic E-state index is 0. The Hall–Kier alpha value is -0.340. The Bertz CT molecular complexity index is 295. The van der Waals surface area contributed by atoms with Gasteiger partial charge >= 0.3 is 35.4 Å². The number of hydrogen-bond donors (Lipinski definition) is 0. The first-order valence-corrected chi connectivity index (χ1v) is 3.88. The molecule has 0 aliphatic carbocycles. The van der Waals surface area contributed by atoms with E-state index in [-0.39, 0.29) is 40.3 Å². The van der Waals surface area contributed by atoms with Crippen LogP contribution in [0.1, 0.15) is 0 Å². The van der Waals surface area contributed by atoms with E-state index in [4.69, 9.17) is 0 Å². The van der Waals surface area contributed by atoms with Crippen molar-refractivity contribution in [3.63, 3.8) is 0 Å². The van der Waals surface area contributed by atoms with Crippen LogP contribution in [0.4, 0.5) is 5.82 Å². The van der Waals surface area contributed by atoms with E-state index in [1.807, 2.05) is 0 Å². The average molecular weight is 210 g/mol. The summed E-state index contributed by atoms with van der Waals surface area (Å²) in [6.45, 7) is 0. The van der Waals surface area contributed by atoms with Gasteiger partial charge in [0.2, 0.25) is 0 Å². The van der Waals surface area contributed by atoms with Crippen molar-refractivity contribution in [1.29, 1.82) is 0 Å². The zero-order valence-electron chi connectivity index (χ0n) is 6.67. The molecular formula is C5H3N2NaO4S. The summed E-state index contributed by atoms with van der Waals surface area (Å²) in [5.41, 5.74) is 0. The third-order valence-electron chi connectivity index (χ3n) is 1.10. The zero-order valence-corrected chi connectivity index (χ0v) is 9.48. The molecule has 0 bridgehead atoms. The summed E-state index contributed by atoms with van der Waals surface area (Å²) < 4.78 is 20.5. The molecule has 64 valence electrons. The summed E-state index contributed by atoms with van der Waals surface area (Å²) in [5, 5.41) is 10.1. The average Bonchev–Trinajstić information content (AvgIpc) is 2.04. The van der Waals surface area contributed by atoms with Gasteiger partial charge in [-0.05, 0) is 27.1 Å². The van der Waals surface area contributed by atoms with Gasteiger partial charge in [-0.25, -0.2) is 0 Å². The summed E-state index contributed by atoms with van der Waals surface area (Å²) in [4.78, 5) is 12.6. The summed E-state index contributed by atoms with van der Waals surface area (Å²) in [5.74, 6) is -0.371. The Morgan fingerprint density at radius 1 is 1.46 bits per heavy atom. The first-order chi connectivity index (χ1) is 5.61. The monoisotopic (exact) mass is 210 g/mol. The van der Waals surface area contributed by atoms with Gasteiger partial charge in [-0.3, -0.25) is 4.21 Å². The fourth-order valence-corrected chi connectivity index (χ4v) is 0.897. The quantitative estimate of drug-likeness (QED) is 0.228. The minimum atomic E-state index is -2.39. The molecule has 0 N–H and O–H groups in total. The molecule has 0 aliphatic heterocycles. The minimum Gasteiger partial charge on any atom is -0.768 e. The number of hydrogen-bond acceptors (Lipinski definition) is 5. The first-order valence-electron chi connectivity index (χ1n) is 2.81. The molecular weight excluding hydrogens is 207 g/mol. The Morgan fingerprint density at radius 2 is 2.08 bits per heavy atom. The number of pyridine rings is 1. The molecule has 1 atom stereocenters. The Balaban J connectivity index is 0.00000144. The van der Waals surface area contributed by atoms with Crippen LogP contribution < -0.4 is 29.6 Å². The molecule has 0 amide bonds. The van der Waals surface area contributed by atoms with Gasteiger partial charge in [0.15, 0.2) is 6.20 Å². The van der Waals surface area contributed by atoms with E-state index < -0.39 is 16.0 Å². The van der Waals surface area contributed by atoms with E-state index in [0.717, 1.165) is 18.3 Å². The standard InChI is InChI=1S/C5H4N2O4S.Na/c8-7(9)5-2-1-4(3-6-5)12(10)11;/h1-3H,(H,10,11);/q;+1/p-1. The van der Waals surface area contributed by atoms with Crippen LogP contribution in [0.2, 0.25) is 0 Å². The van der Waals surface area contributed by atoms with Crippen LogP contribution in [-0.4, -0.2) is 18.7 Å².